The maximum Gasteiger partial charge on any atom is 0.262 e. The van der Waals surface area contributed by atoms with Gasteiger partial charge in [0.1, 0.15) is 4.88 Å². The van der Waals surface area contributed by atoms with Crippen molar-refractivity contribution in [1.82, 2.24) is 10.3 Å². The lowest BCUT2D eigenvalue weighted by molar-refractivity contribution is 0.0949. The average molecular weight is 350 g/mol. The first kappa shape index (κ1) is 16.3. The van der Waals surface area contributed by atoms with Gasteiger partial charge in [-0.1, -0.05) is 11.6 Å². The van der Waals surface area contributed by atoms with Crippen molar-refractivity contribution in [3.63, 3.8) is 0 Å². The summed E-state index contributed by atoms with van der Waals surface area (Å²) < 4.78 is 0. The number of anilines is 1. The minimum atomic E-state index is -0.0512. The molecule has 1 aliphatic heterocycles. The summed E-state index contributed by atoms with van der Waals surface area (Å²) in [5.41, 5.74) is 2.19. The number of aromatic nitrogens is 1. The van der Waals surface area contributed by atoms with Crippen molar-refractivity contribution in [3.8, 4) is 0 Å². The normalized spacial score (nSPS) is 15.7. The van der Waals surface area contributed by atoms with Crippen molar-refractivity contribution >= 4 is 34.5 Å². The molecule has 0 aliphatic carbocycles. The fraction of sp³-hybridized carbons (Fsp3) is 0.412. The highest BCUT2D eigenvalue weighted by molar-refractivity contribution is 7.13. The number of amides is 1. The fourth-order valence-corrected chi connectivity index (χ4v) is 4.05. The minimum absolute atomic E-state index is 0.0512. The molecule has 2 aromatic rings. The van der Waals surface area contributed by atoms with E-state index in [-0.39, 0.29) is 5.91 Å². The third kappa shape index (κ3) is 3.85. The largest absolute Gasteiger partial charge is 0.371 e. The summed E-state index contributed by atoms with van der Waals surface area (Å²) in [6.45, 7) is 4.67. The van der Waals surface area contributed by atoms with E-state index in [9.17, 15) is 4.79 Å². The van der Waals surface area contributed by atoms with Gasteiger partial charge < -0.3 is 10.2 Å². The molecule has 4 nitrogen and oxygen atoms in total. The number of carbonyl (C=O) groups excluding carboxylic acids is 1. The van der Waals surface area contributed by atoms with E-state index in [0.29, 0.717) is 15.8 Å². The highest BCUT2D eigenvalue weighted by Crippen LogP contribution is 2.27. The highest BCUT2D eigenvalue weighted by Gasteiger charge is 2.21. The van der Waals surface area contributed by atoms with E-state index in [4.69, 9.17) is 11.6 Å². The summed E-state index contributed by atoms with van der Waals surface area (Å²) in [6.07, 6.45) is 5.82. The third-order valence-corrected chi connectivity index (χ3v) is 5.99. The third-order valence-electron chi connectivity index (χ3n) is 4.30. The average Bonchev–Trinajstić information content (AvgIpc) is 2.93. The molecule has 3 rings (SSSR count). The quantitative estimate of drug-likeness (QED) is 0.914. The number of piperidine rings is 1. The molecule has 0 atom stereocenters. The van der Waals surface area contributed by atoms with Gasteiger partial charge in [0.2, 0.25) is 0 Å². The predicted molar refractivity (Wildman–Crippen MR) is 95.6 cm³/mol. The topological polar surface area (TPSA) is 45.2 Å². The summed E-state index contributed by atoms with van der Waals surface area (Å²) in [6, 6.07) is 4.09. The molecular weight excluding hydrogens is 330 g/mol. The van der Waals surface area contributed by atoms with E-state index in [1.54, 1.807) is 0 Å². The van der Waals surface area contributed by atoms with Crippen molar-refractivity contribution in [3.05, 3.63) is 45.4 Å². The number of hydrogen-bond donors (Lipinski definition) is 1. The Hall–Kier alpha value is -1.59. The molecule has 0 saturated carbocycles. The van der Waals surface area contributed by atoms with Crippen molar-refractivity contribution in [1.29, 1.82) is 0 Å². The fourth-order valence-electron chi connectivity index (χ4n) is 2.85. The molecule has 3 heterocycles. The van der Waals surface area contributed by atoms with Gasteiger partial charge >= 0.3 is 0 Å². The first-order chi connectivity index (χ1) is 11.1. The second-order valence-corrected chi connectivity index (χ2v) is 7.17. The van der Waals surface area contributed by atoms with Crippen LogP contribution < -0.4 is 10.2 Å². The first-order valence-corrected chi connectivity index (χ1v) is 9.07. The van der Waals surface area contributed by atoms with E-state index in [1.165, 1.54) is 17.0 Å². The Morgan fingerprint density at radius 2 is 2.09 bits per heavy atom. The van der Waals surface area contributed by atoms with Crippen LogP contribution >= 0.6 is 22.9 Å². The van der Waals surface area contributed by atoms with E-state index >= 15 is 0 Å². The van der Waals surface area contributed by atoms with Crippen LogP contribution in [0, 0.1) is 12.8 Å². The van der Waals surface area contributed by atoms with Gasteiger partial charge in [-0.05, 0) is 48.8 Å². The highest BCUT2D eigenvalue weighted by atomic mass is 35.5. The van der Waals surface area contributed by atoms with E-state index < -0.39 is 0 Å². The Morgan fingerprint density at radius 3 is 2.70 bits per heavy atom. The summed E-state index contributed by atoms with van der Waals surface area (Å²) in [5.74, 6) is 0.474. The summed E-state index contributed by atoms with van der Waals surface area (Å²) in [7, 11) is 0. The lowest BCUT2D eigenvalue weighted by Crippen LogP contribution is -2.38. The molecule has 0 radical (unpaired) electrons. The Labute approximate surface area is 145 Å². The van der Waals surface area contributed by atoms with Crippen LogP contribution in [0.4, 0.5) is 5.69 Å². The molecule has 1 aliphatic rings. The maximum atomic E-state index is 12.2. The van der Waals surface area contributed by atoms with Gasteiger partial charge in [0, 0.05) is 37.7 Å². The van der Waals surface area contributed by atoms with Crippen LogP contribution in [0.15, 0.2) is 29.9 Å². The van der Waals surface area contributed by atoms with E-state index in [1.807, 2.05) is 36.8 Å². The van der Waals surface area contributed by atoms with Gasteiger partial charge in [-0.25, -0.2) is 0 Å². The first-order valence-electron chi connectivity index (χ1n) is 7.82. The molecule has 1 fully saturated rings. The molecule has 2 aromatic heterocycles. The molecule has 23 heavy (non-hydrogen) atoms. The summed E-state index contributed by atoms with van der Waals surface area (Å²) in [5, 5.41) is 5.54. The number of thiophene rings is 1. The van der Waals surface area contributed by atoms with Crippen molar-refractivity contribution in [2.24, 2.45) is 5.92 Å². The van der Waals surface area contributed by atoms with Crippen molar-refractivity contribution in [2.75, 3.05) is 24.5 Å². The smallest absolute Gasteiger partial charge is 0.262 e. The number of nitrogens with one attached hydrogen (secondary N) is 1. The van der Waals surface area contributed by atoms with Crippen LogP contribution in [0.5, 0.6) is 0 Å². The number of pyridine rings is 1. The Morgan fingerprint density at radius 1 is 1.39 bits per heavy atom. The van der Waals surface area contributed by atoms with Crippen LogP contribution in [0.2, 0.25) is 5.02 Å². The van der Waals surface area contributed by atoms with Crippen LogP contribution in [-0.4, -0.2) is 30.5 Å². The zero-order valence-electron chi connectivity index (χ0n) is 13.1. The number of halogens is 1. The molecule has 1 N–H and O–H groups in total. The Balaban J connectivity index is 1.48. The number of rotatable bonds is 4. The molecule has 0 spiro atoms. The van der Waals surface area contributed by atoms with Gasteiger partial charge in [0.05, 0.1) is 5.02 Å². The minimum Gasteiger partial charge on any atom is -0.371 e. The lowest BCUT2D eigenvalue weighted by Gasteiger charge is -2.33. The zero-order valence-corrected chi connectivity index (χ0v) is 14.7. The molecule has 122 valence electrons. The maximum absolute atomic E-state index is 12.2. The second kappa shape index (κ2) is 7.32. The number of carbonyl (C=O) groups is 1. The van der Waals surface area contributed by atoms with E-state index in [2.05, 4.69) is 15.2 Å². The predicted octanol–water partition coefficient (Wildman–Crippen LogP) is 3.75. The van der Waals surface area contributed by atoms with Crippen LogP contribution in [-0.2, 0) is 0 Å². The van der Waals surface area contributed by atoms with Crippen LogP contribution in [0.1, 0.15) is 28.1 Å². The van der Waals surface area contributed by atoms with Crippen molar-refractivity contribution < 1.29 is 4.79 Å². The Bertz CT molecular complexity index is 666. The van der Waals surface area contributed by atoms with Crippen LogP contribution in [0.25, 0.3) is 0 Å². The standard InChI is InChI=1S/C17H20ClN3OS/c1-12-11-23-16(15(12)18)17(22)20-10-13-4-8-21(9-5-13)14-2-6-19-7-3-14/h2-3,6-7,11,13H,4-5,8-10H2,1H3,(H,20,22). The molecule has 1 amide bonds. The monoisotopic (exact) mass is 349 g/mol. The van der Waals surface area contributed by atoms with Gasteiger partial charge in [-0.15, -0.1) is 11.3 Å². The molecular formula is C17H20ClN3OS. The summed E-state index contributed by atoms with van der Waals surface area (Å²) >= 11 is 7.56. The molecule has 6 heteroatoms. The number of hydrogen-bond acceptors (Lipinski definition) is 4. The zero-order chi connectivity index (χ0) is 16.2. The number of aryl methyl sites for hydroxylation is 1. The molecule has 0 aromatic carbocycles. The molecule has 0 bridgehead atoms. The summed E-state index contributed by atoms with van der Waals surface area (Å²) in [4.78, 5) is 19.3. The van der Waals surface area contributed by atoms with Gasteiger partial charge in [-0.2, -0.15) is 0 Å². The Kier molecular flexibility index (Phi) is 5.18. The van der Waals surface area contributed by atoms with Crippen molar-refractivity contribution in [2.45, 2.75) is 19.8 Å². The van der Waals surface area contributed by atoms with E-state index in [0.717, 1.165) is 38.0 Å². The van der Waals surface area contributed by atoms with Gasteiger partial charge in [0.15, 0.2) is 0 Å². The second-order valence-electron chi connectivity index (χ2n) is 5.91. The SMILES string of the molecule is Cc1csc(C(=O)NCC2CCN(c3ccncc3)CC2)c1Cl. The molecule has 0 unspecified atom stereocenters. The van der Waals surface area contributed by atoms with Gasteiger partial charge in [-0.3, -0.25) is 9.78 Å². The van der Waals surface area contributed by atoms with Gasteiger partial charge in [0.25, 0.3) is 5.91 Å². The van der Waals surface area contributed by atoms with Crippen LogP contribution in [0.3, 0.4) is 0 Å². The lowest BCUT2D eigenvalue weighted by atomic mass is 9.96. The number of nitrogens with zero attached hydrogens (tertiary/aromatic N) is 2. The molecule has 1 saturated heterocycles.